The first kappa shape index (κ1) is 20.9. The van der Waals surface area contributed by atoms with Crippen molar-refractivity contribution in [3.63, 3.8) is 0 Å². The smallest absolute Gasteiger partial charge is 0.186 e. The van der Waals surface area contributed by atoms with Crippen molar-refractivity contribution >= 4 is 23.1 Å². The zero-order valence-electron chi connectivity index (χ0n) is 15.4. The highest BCUT2D eigenvalue weighted by Gasteiger charge is 2.22. The average Bonchev–Trinajstić information content (AvgIpc) is 2.61. The molecule has 0 unspecified atom stereocenters. The van der Waals surface area contributed by atoms with Gasteiger partial charge in [-0.3, -0.25) is 19.2 Å². The standard InChI is InChI=1S/C22H22O4/c1-5-9-19(23)15-13-17(21(25)11-7-3)18(22(26)12-8-4)14-16(15)20(24)10-6-2/h5-14H,1-4H3/b9-5+,10-6+,11-7+,12-8+. The minimum absolute atomic E-state index is 0.0936. The van der Waals surface area contributed by atoms with E-state index >= 15 is 0 Å². The van der Waals surface area contributed by atoms with Crippen molar-refractivity contribution in [3.8, 4) is 0 Å². The van der Waals surface area contributed by atoms with Gasteiger partial charge in [-0.1, -0.05) is 24.3 Å². The lowest BCUT2D eigenvalue weighted by Crippen LogP contribution is -2.14. The van der Waals surface area contributed by atoms with E-state index in [1.165, 1.54) is 36.4 Å². The first-order chi connectivity index (χ1) is 12.4. The highest BCUT2D eigenvalue weighted by Crippen LogP contribution is 2.22. The van der Waals surface area contributed by atoms with Gasteiger partial charge in [-0.2, -0.15) is 0 Å². The molecule has 4 heteroatoms. The monoisotopic (exact) mass is 350 g/mol. The van der Waals surface area contributed by atoms with E-state index in [9.17, 15) is 19.2 Å². The molecule has 0 fully saturated rings. The molecule has 4 nitrogen and oxygen atoms in total. The van der Waals surface area contributed by atoms with Gasteiger partial charge < -0.3 is 0 Å². The van der Waals surface area contributed by atoms with Crippen LogP contribution in [0, 0.1) is 0 Å². The zero-order valence-corrected chi connectivity index (χ0v) is 15.4. The van der Waals surface area contributed by atoms with E-state index in [1.54, 1.807) is 52.0 Å². The predicted molar refractivity (Wildman–Crippen MR) is 103 cm³/mol. The fraction of sp³-hybridized carbons (Fsp3) is 0.182. The Morgan fingerprint density at radius 1 is 0.500 bits per heavy atom. The molecule has 1 aromatic rings. The molecule has 0 N–H and O–H groups in total. The lowest BCUT2D eigenvalue weighted by Gasteiger charge is -2.11. The van der Waals surface area contributed by atoms with Crippen LogP contribution in [0.3, 0.4) is 0 Å². The maximum atomic E-state index is 12.4. The molecule has 0 aromatic heterocycles. The molecule has 0 aliphatic carbocycles. The predicted octanol–water partition coefficient (Wildman–Crippen LogP) is 4.72. The molecule has 1 rings (SSSR count). The summed E-state index contributed by atoms with van der Waals surface area (Å²) < 4.78 is 0. The van der Waals surface area contributed by atoms with Crippen LogP contribution in [0.1, 0.15) is 69.1 Å². The Labute approximate surface area is 153 Å². The minimum atomic E-state index is -0.403. The van der Waals surface area contributed by atoms with E-state index in [-0.39, 0.29) is 22.3 Å². The van der Waals surface area contributed by atoms with Gasteiger partial charge >= 0.3 is 0 Å². The number of ketones is 4. The van der Waals surface area contributed by atoms with Gasteiger partial charge in [0.15, 0.2) is 23.1 Å². The third kappa shape index (κ3) is 4.93. The van der Waals surface area contributed by atoms with Crippen LogP contribution in [0.25, 0.3) is 0 Å². The molecule has 134 valence electrons. The van der Waals surface area contributed by atoms with E-state index in [0.717, 1.165) is 0 Å². The van der Waals surface area contributed by atoms with E-state index in [1.807, 2.05) is 0 Å². The van der Waals surface area contributed by atoms with E-state index in [4.69, 9.17) is 0 Å². The third-order valence-electron chi connectivity index (χ3n) is 3.49. The SMILES string of the molecule is C/C=C/C(=O)c1cc(C(=O)/C=C/C)c(C(=O)/C=C/C)cc1C(=O)/C=C/C. The zero-order chi connectivity index (χ0) is 19.7. The summed E-state index contributed by atoms with van der Waals surface area (Å²) in [6.45, 7) is 6.73. The minimum Gasteiger partial charge on any atom is -0.289 e. The molecular formula is C22H22O4. The maximum Gasteiger partial charge on any atom is 0.186 e. The van der Waals surface area contributed by atoms with Crippen LogP contribution in [0.5, 0.6) is 0 Å². The summed E-state index contributed by atoms with van der Waals surface area (Å²) in [5.74, 6) is -1.61. The van der Waals surface area contributed by atoms with Crippen molar-refractivity contribution < 1.29 is 19.2 Å². The highest BCUT2D eigenvalue weighted by molar-refractivity contribution is 6.21. The van der Waals surface area contributed by atoms with Crippen LogP contribution in [-0.4, -0.2) is 23.1 Å². The molecule has 1 aromatic carbocycles. The average molecular weight is 350 g/mol. The van der Waals surface area contributed by atoms with Gasteiger partial charge in [-0.05, 0) is 64.1 Å². The van der Waals surface area contributed by atoms with Gasteiger partial charge in [0.2, 0.25) is 0 Å². The lowest BCUT2D eigenvalue weighted by molar-refractivity contribution is 0.100. The first-order valence-electron chi connectivity index (χ1n) is 8.27. The van der Waals surface area contributed by atoms with Crippen molar-refractivity contribution in [3.05, 3.63) is 83.0 Å². The number of benzene rings is 1. The van der Waals surface area contributed by atoms with E-state index in [0.29, 0.717) is 0 Å². The van der Waals surface area contributed by atoms with Crippen LogP contribution in [0.2, 0.25) is 0 Å². The molecular weight excluding hydrogens is 328 g/mol. The summed E-state index contributed by atoms with van der Waals surface area (Å²) in [4.78, 5) is 49.7. The number of carbonyl (C=O) groups is 4. The second-order valence-electron chi connectivity index (χ2n) is 5.40. The molecule has 0 aliphatic heterocycles. The van der Waals surface area contributed by atoms with Gasteiger partial charge in [0.1, 0.15) is 0 Å². The number of hydrogen-bond donors (Lipinski definition) is 0. The van der Waals surface area contributed by atoms with Gasteiger partial charge in [0.25, 0.3) is 0 Å². The fourth-order valence-corrected chi connectivity index (χ4v) is 2.38. The van der Waals surface area contributed by atoms with Crippen LogP contribution in [0.4, 0.5) is 0 Å². The molecule has 0 radical (unpaired) electrons. The molecule has 0 saturated carbocycles. The molecule has 0 atom stereocenters. The summed E-state index contributed by atoms with van der Waals surface area (Å²) in [5.41, 5.74) is 0.374. The number of rotatable bonds is 8. The van der Waals surface area contributed by atoms with E-state index in [2.05, 4.69) is 0 Å². The number of hydrogen-bond acceptors (Lipinski definition) is 4. The second-order valence-corrected chi connectivity index (χ2v) is 5.40. The molecule has 0 aliphatic rings. The van der Waals surface area contributed by atoms with Crippen molar-refractivity contribution in [2.75, 3.05) is 0 Å². The third-order valence-corrected chi connectivity index (χ3v) is 3.49. The quantitative estimate of drug-likeness (QED) is 0.502. The van der Waals surface area contributed by atoms with Gasteiger partial charge in [-0.25, -0.2) is 0 Å². The molecule has 0 heterocycles. The van der Waals surface area contributed by atoms with Crippen molar-refractivity contribution in [1.29, 1.82) is 0 Å². The Bertz CT molecular complexity index is 711. The van der Waals surface area contributed by atoms with Gasteiger partial charge in [0, 0.05) is 22.3 Å². The molecule has 26 heavy (non-hydrogen) atoms. The number of carbonyl (C=O) groups excluding carboxylic acids is 4. The Kier molecular flexibility index (Phi) is 8.03. The second kappa shape index (κ2) is 9.99. The van der Waals surface area contributed by atoms with Crippen molar-refractivity contribution in [1.82, 2.24) is 0 Å². The summed E-state index contributed by atoms with van der Waals surface area (Å²) >= 11 is 0. The summed E-state index contributed by atoms with van der Waals surface area (Å²) in [5, 5.41) is 0. The largest absolute Gasteiger partial charge is 0.289 e. The molecule has 0 bridgehead atoms. The number of allylic oxidation sites excluding steroid dienone is 8. The normalized spacial score (nSPS) is 11.8. The van der Waals surface area contributed by atoms with Crippen LogP contribution < -0.4 is 0 Å². The van der Waals surface area contributed by atoms with Crippen molar-refractivity contribution in [2.45, 2.75) is 27.7 Å². The highest BCUT2D eigenvalue weighted by atomic mass is 16.1. The summed E-state index contributed by atoms with van der Waals surface area (Å²) in [6.07, 6.45) is 11.5. The Hall–Kier alpha value is -3.14. The maximum absolute atomic E-state index is 12.4. The Balaban J connectivity index is 3.86. The Morgan fingerprint density at radius 3 is 0.846 bits per heavy atom. The van der Waals surface area contributed by atoms with Gasteiger partial charge in [0.05, 0.1) is 0 Å². The molecule has 0 spiro atoms. The fourth-order valence-electron chi connectivity index (χ4n) is 2.38. The topological polar surface area (TPSA) is 68.3 Å². The lowest BCUT2D eigenvalue weighted by atomic mass is 9.89. The summed E-state index contributed by atoms with van der Waals surface area (Å²) in [7, 11) is 0. The molecule has 0 saturated heterocycles. The van der Waals surface area contributed by atoms with Crippen molar-refractivity contribution in [2.24, 2.45) is 0 Å². The Morgan fingerprint density at radius 2 is 0.692 bits per heavy atom. The van der Waals surface area contributed by atoms with E-state index < -0.39 is 23.1 Å². The summed E-state index contributed by atoms with van der Waals surface area (Å²) in [6, 6.07) is 2.66. The van der Waals surface area contributed by atoms with Crippen LogP contribution in [0.15, 0.2) is 60.7 Å². The first-order valence-corrected chi connectivity index (χ1v) is 8.27. The van der Waals surface area contributed by atoms with Crippen LogP contribution >= 0.6 is 0 Å². The van der Waals surface area contributed by atoms with Gasteiger partial charge in [-0.15, -0.1) is 0 Å². The van der Waals surface area contributed by atoms with Crippen LogP contribution in [-0.2, 0) is 0 Å². The molecule has 0 amide bonds.